The van der Waals surface area contributed by atoms with Crippen LogP contribution in [0.5, 0.6) is 0 Å². The SMILES string of the molecule is C[C@@H](c1cnccn1)N1CCC[C@H](N(C)C(=O)OC(C)(C)C)C1. The van der Waals surface area contributed by atoms with Crippen molar-refractivity contribution in [1.82, 2.24) is 19.8 Å². The van der Waals surface area contributed by atoms with Crippen LogP contribution in [0.25, 0.3) is 0 Å². The second-order valence-corrected chi connectivity index (χ2v) is 7.19. The number of hydrogen-bond donors (Lipinski definition) is 0. The van der Waals surface area contributed by atoms with Crippen molar-refractivity contribution in [2.45, 2.75) is 58.2 Å². The molecule has 1 saturated heterocycles. The van der Waals surface area contributed by atoms with Crippen molar-refractivity contribution < 1.29 is 9.53 Å². The lowest BCUT2D eigenvalue weighted by Crippen LogP contribution is -2.50. The zero-order chi connectivity index (χ0) is 17.0. The van der Waals surface area contributed by atoms with Gasteiger partial charge in [-0.15, -0.1) is 0 Å². The fraction of sp³-hybridized carbons (Fsp3) is 0.706. The zero-order valence-corrected chi connectivity index (χ0v) is 14.8. The van der Waals surface area contributed by atoms with E-state index in [1.54, 1.807) is 17.3 Å². The Balaban J connectivity index is 1.99. The topological polar surface area (TPSA) is 58.6 Å². The molecule has 2 rings (SSSR count). The lowest BCUT2D eigenvalue weighted by molar-refractivity contribution is 0.0103. The highest BCUT2D eigenvalue weighted by Crippen LogP contribution is 2.25. The Hall–Kier alpha value is -1.69. The predicted octanol–water partition coefficient (Wildman–Crippen LogP) is 2.87. The molecular formula is C17H28N4O2. The molecule has 0 saturated carbocycles. The van der Waals surface area contributed by atoms with Crippen LogP contribution in [0.3, 0.4) is 0 Å². The summed E-state index contributed by atoms with van der Waals surface area (Å²) in [5.74, 6) is 0. The number of hydrogen-bond acceptors (Lipinski definition) is 5. The summed E-state index contributed by atoms with van der Waals surface area (Å²) in [5.41, 5.74) is 0.500. The Morgan fingerprint density at radius 3 is 2.78 bits per heavy atom. The maximum absolute atomic E-state index is 12.3. The van der Waals surface area contributed by atoms with E-state index < -0.39 is 5.60 Å². The first-order valence-electron chi connectivity index (χ1n) is 8.23. The molecule has 23 heavy (non-hydrogen) atoms. The Morgan fingerprint density at radius 1 is 1.43 bits per heavy atom. The lowest BCUT2D eigenvalue weighted by Gasteiger charge is -2.40. The van der Waals surface area contributed by atoms with Crippen molar-refractivity contribution in [3.63, 3.8) is 0 Å². The number of likely N-dealkylation sites (tertiary alicyclic amines) is 1. The quantitative estimate of drug-likeness (QED) is 0.857. The molecule has 1 aromatic heterocycles. The summed E-state index contributed by atoms with van der Waals surface area (Å²) in [6, 6.07) is 0.358. The fourth-order valence-electron chi connectivity index (χ4n) is 2.85. The largest absolute Gasteiger partial charge is 0.444 e. The molecule has 0 radical (unpaired) electrons. The normalized spacial score (nSPS) is 20.8. The highest BCUT2D eigenvalue weighted by molar-refractivity contribution is 5.68. The molecule has 0 bridgehead atoms. The van der Waals surface area contributed by atoms with E-state index in [1.165, 1.54) is 0 Å². The number of nitrogens with zero attached hydrogens (tertiary/aromatic N) is 4. The minimum absolute atomic E-state index is 0.165. The number of aromatic nitrogens is 2. The third kappa shape index (κ3) is 4.89. The summed E-state index contributed by atoms with van der Waals surface area (Å²) >= 11 is 0. The second-order valence-electron chi connectivity index (χ2n) is 7.19. The third-order valence-corrected chi connectivity index (χ3v) is 4.22. The molecule has 1 aliphatic heterocycles. The van der Waals surface area contributed by atoms with Gasteiger partial charge >= 0.3 is 6.09 Å². The highest BCUT2D eigenvalue weighted by atomic mass is 16.6. The number of rotatable bonds is 3. The van der Waals surface area contributed by atoms with Crippen LogP contribution in [-0.2, 0) is 4.74 Å². The van der Waals surface area contributed by atoms with Gasteiger partial charge in [0.15, 0.2) is 0 Å². The average molecular weight is 320 g/mol. The van der Waals surface area contributed by atoms with E-state index in [-0.39, 0.29) is 18.2 Å². The van der Waals surface area contributed by atoms with Crippen LogP contribution >= 0.6 is 0 Å². The summed E-state index contributed by atoms with van der Waals surface area (Å²) < 4.78 is 5.48. The van der Waals surface area contributed by atoms with Crippen LogP contribution < -0.4 is 0 Å². The van der Waals surface area contributed by atoms with Gasteiger partial charge < -0.3 is 9.64 Å². The highest BCUT2D eigenvalue weighted by Gasteiger charge is 2.31. The first-order valence-corrected chi connectivity index (χ1v) is 8.23. The van der Waals surface area contributed by atoms with E-state index in [1.807, 2.05) is 34.0 Å². The standard InChI is InChI=1S/C17H28N4O2/c1-13(15-11-18-8-9-19-15)21-10-6-7-14(12-21)20(5)16(22)23-17(2,3)4/h8-9,11,13-14H,6-7,10,12H2,1-5H3/t13-,14-/m0/s1. The van der Waals surface area contributed by atoms with Gasteiger partial charge in [-0.2, -0.15) is 0 Å². The van der Waals surface area contributed by atoms with E-state index in [0.717, 1.165) is 31.6 Å². The van der Waals surface area contributed by atoms with Crippen molar-refractivity contribution in [2.24, 2.45) is 0 Å². The average Bonchev–Trinajstić information content (AvgIpc) is 2.52. The summed E-state index contributed by atoms with van der Waals surface area (Å²) in [6.45, 7) is 9.65. The van der Waals surface area contributed by atoms with Crippen LogP contribution in [0.15, 0.2) is 18.6 Å². The van der Waals surface area contributed by atoms with Gasteiger partial charge in [0, 0.05) is 38.2 Å². The second kappa shape index (κ2) is 7.25. The smallest absolute Gasteiger partial charge is 0.410 e. The van der Waals surface area contributed by atoms with Gasteiger partial charge in [0.1, 0.15) is 5.60 Å². The number of piperidine rings is 1. The summed E-state index contributed by atoms with van der Waals surface area (Å²) in [4.78, 5) is 24.9. The summed E-state index contributed by atoms with van der Waals surface area (Å²) in [5, 5.41) is 0. The molecule has 1 fully saturated rings. The first-order chi connectivity index (χ1) is 10.8. The molecule has 6 nitrogen and oxygen atoms in total. The molecule has 6 heteroatoms. The van der Waals surface area contributed by atoms with Gasteiger partial charge in [-0.25, -0.2) is 4.79 Å². The molecule has 1 amide bonds. The number of ether oxygens (including phenoxy) is 1. The van der Waals surface area contributed by atoms with Crippen LogP contribution in [-0.4, -0.2) is 57.6 Å². The van der Waals surface area contributed by atoms with Crippen LogP contribution in [0, 0.1) is 0 Å². The van der Waals surface area contributed by atoms with Gasteiger partial charge in [0.25, 0.3) is 0 Å². The van der Waals surface area contributed by atoms with Gasteiger partial charge in [-0.05, 0) is 47.1 Å². The maximum atomic E-state index is 12.3. The van der Waals surface area contributed by atoms with Crippen LogP contribution in [0.1, 0.15) is 52.3 Å². The van der Waals surface area contributed by atoms with E-state index in [2.05, 4.69) is 21.8 Å². The Kier molecular flexibility index (Phi) is 5.57. The van der Waals surface area contributed by atoms with Crippen molar-refractivity contribution in [2.75, 3.05) is 20.1 Å². The van der Waals surface area contributed by atoms with E-state index in [9.17, 15) is 4.79 Å². The monoisotopic (exact) mass is 320 g/mol. The maximum Gasteiger partial charge on any atom is 0.410 e. The van der Waals surface area contributed by atoms with Crippen LogP contribution in [0.2, 0.25) is 0 Å². The number of carbonyl (C=O) groups excluding carboxylic acids is 1. The van der Waals surface area contributed by atoms with Crippen molar-refractivity contribution in [3.05, 3.63) is 24.3 Å². The van der Waals surface area contributed by atoms with E-state index in [0.29, 0.717) is 0 Å². The van der Waals surface area contributed by atoms with Gasteiger partial charge in [0.05, 0.1) is 11.7 Å². The van der Waals surface area contributed by atoms with Gasteiger partial charge in [-0.3, -0.25) is 14.9 Å². The number of amides is 1. The van der Waals surface area contributed by atoms with Crippen LogP contribution in [0.4, 0.5) is 4.79 Å². The minimum Gasteiger partial charge on any atom is -0.444 e. The molecule has 0 aromatic carbocycles. The summed E-state index contributed by atoms with van der Waals surface area (Å²) in [6.07, 6.45) is 7.02. The first kappa shape index (κ1) is 17.7. The molecule has 0 spiro atoms. The van der Waals surface area contributed by atoms with E-state index >= 15 is 0 Å². The number of carbonyl (C=O) groups is 1. The predicted molar refractivity (Wildman–Crippen MR) is 89.0 cm³/mol. The Labute approximate surface area is 138 Å². The number of likely N-dealkylation sites (N-methyl/N-ethyl adjacent to an activating group) is 1. The molecule has 0 unspecified atom stereocenters. The molecule has 0 aliphatic carbocycles. The third-order valence-electron chi connectivity index (χ3n) is 4.22. The fourth-order valence-corrected chi connectivity index (χ4v) is 2.85. The Bertz CT molecular complexity index is 515. The van der Waals surface area contributed by atoms with E-state index in [4.69, 9.17) is 4.74 Å². The van der Waals surface area contributed by atoms with Crippen molar-refractivity contribution in [3.8, 4) is 0 Å². The molecule has 2 heterocycles. The molecule has 128 valence electrons. The van der Waals surface area contributed by atoms with Gasteiger partial charge in [-0.1, -0.05) is 0 Å². The van der Waals surface area contributed by atoms with Gasteiger partial charge in [0.2, 0.25) is 0 Å². The molecule has 1 aliphatic rings. The van der Waals surface area contributed by atoms with Crippen molar-refractivity contribution in [1.29, 1.82) is 0 Å². The minimum atomic E-state index is -0.466. The lowest BCUT2D eigenvalue weighted by atomic mass is 10.0. The zero-order valence-electron chi connectivity index (χ0n) is 14.8. The summed E-state index contributed by atoms with van der Waals surface area (Å²) in [7, 11) is 1.83. The molecular weight excluding hydrogens is 292 g/mol. The van der Waals surface area contributed by atoms with Crippen molar-refractivity contribution >= 4 is 6.09 Å². The molecule has 0 N–H and O–H groups in total. The molecule has 1 aromatic rings. The Morgan fingerprint density at radius 2 is 2.17 bits per heavy atom. The molecule has 2 atom stereocenters.